The molecule has 3 rings (SSSR count). The molecule has 0 unspecified atom stereocenters. The molecule has 2 aliphatic carbocycles. The van der Waals surface area contributed by atoms with Crippen LogP contribution in [-0.2, 0) is 14.6 Å². The van der Waals surface area contributed by atoms with Gasteiger partial charge in [0.15, 0.2) is 9.84 Å². The van der Waals surface area contributed by atoms with Crippen molar-refractivity contribution >= 4 is 21.4 Å². The van der Waals surface area contributed by atoms with E-state index in [4.69, 9.17) is 0 Å². The Morgan fingerprint density at radius 3 is 2.45 bits per heavy atom. The molecular weight excluding hydrogens is 274 g/mol. The number of rotatable bonds is 4. The van der Waals surface area contributed by atoms with Gasteiger partial charge in [-0.1, -0.05) is 18.9 Å². The molecule has 0 heterocycles. The van der Waals surface area contributed by atoms with Crippen molar-refractivity contribution in [2.45, 2.75) is 48.7 Å². The van der Waals surface area contributed by atoms with E-state index in [2.05, 4.69) is 5.32 Å². The van der Waals surface area contributed by atoms with Gasteiger partial charge in [-0.05, 0) is 43.9 Å². The summed E-state index contributed by atoms with van der Waals surface area (Å²) in [6, 6.07) is 6.66. The van der Waals surface area contributed by atoms with Gasteiger partial charge in [-0.3, -0.25) is 4.79 Å². The Hall–Kier alpha value is -1.36. The largest absolute Gasteiger partial charge is 0.326 e. The Kier molecular flexibility index (Phi) is 3.54. The molecule has 0 atom stereocenters. The van der Waals surface area contributed by atoms with Gasteiger partial charge in [0.2, 0.25) is 5.91 Å². The van der Waals surface area contributed by atoms with Crippen LogP contribution in [0.4, 0.5) is 5.69 Å². The smallest absolute Gasteiger partial charge is 0.227 e. The van der Waals surface area contributed by atoms with Crippen LogP contribution >= 0.6 is 0 Å². The van der Waals surface area contributed by atoms with E-state index in [9.17, 15) is 13.2 Å². The Bertz CT molecular complexity index is 614. The number of hydrogen-bond donors (Lipinski definition) is 1. The SMILES string of the molecule is O=C(Nc1cccc(S(=O)(=O)C2CCCC2)c1)C1CC1. The number of hydrogen-bond acceptors (Lipinski definition) is 3. The van der Waals surface area contributed by atoms with Crippen LogP contribution in [0.2, 0.25) is 0 Å². The molecule has 20 heavy (non-hydrogen) atoms. The summed E-state index contributed by atoms with van der Waals surface area (Å²) in [6.07, 6.45) is 5.35. The minimum absolute atomic E-state index is 0.000384. The van der Waals surface area contributed by atoms with Crippen LogP contribution in [0, 0.1) is 5.92 Å². The second-order valence-electron chi connectivity index (χ2n) is 5.74. The van der Waals surface area contributed by atoms with Crippen molar-refractivity contribution in [1.29, 1.82) is 0 Å². The quantitative estimate of drug-likeness (QED) is 0.928. The molecule has 0 radical (unpaired) electrons. The summed E-state index contributed by atoms with van der Waals surface area (Å²) in [5, 5.41) is 2.55. The lowest BCUT2D eigenvalue weighted by Crippen LogP contribution is -2.18. The van der Waals surface area contributed by atoms with Crippen LogP contribution in [0.25, 0.3) is 0 Å². The molecule has 1 N–H and O–H groups in total. The summed E-state index contributed by atoms with van der Waals surface area (Å²) >= 11 is 0. The van der Waals surface area contributed by atoms with Gasteiger partial charge in [-0.2, -0.15) is 0 Å². The Morgan fingerprint density at radius 2 is 1.80 bits per heavy atom. The predicted molar refractivity (Wildman–Crippen MR) is 77.2 cm³/mol. The standard InChI is InChI=1S/C15H19NO3S/c17-15(11-8-9-11)16-12-4-3-7-14(10-12)20(18,19)13-5-1-2-6-13/h3-4,7,10-11,13H,1-2,5-6,8-9H2,(H,16,17). The highest BCUT2D eigenvalue weighted by atomic mass is 32.2. The Labute approximate surface area is 119 Å². The van der Waals surface area contributed by atoms with Gasteiger partial charge in [0.05, 0.1) is 10.1 Å². The predicted octanol–water partition coefficient (Wildman–Crippen LogP) is 2.75. The van der Waals surface area contributed by atoms with Crippen LogP contribution < -0.4 is 5.32 Å². The average molecular weight is 293 g/mol. The molecule has 4 nitrogen and oxygen atoms in total. The van der Waals surface area contributed by atoms with Crippen LogP contribution in [0.15, 0.2) is 29.2 Å². The topological polar surface area (TPSA) is 63.2 Å². The Morgan fingerprint density at radius 1 is 1.10 bits per heavy atom. The molecule has 1 aromatic rings. The average Bonchev–Trinajstić information content (AvgIpc) is 3.13. The van der Waals surface area contributed by atoms with Gasteiger partial charge in [-0.15, -0.1) is 0 Å². The zero-order valence-corrected chi connectivity index (χ0v) is 12.2. The molecule has 0 aliphatic heterocycles. The molecule has 0 bridgehead atoms. The molecule has 5 heteroatoms. The molecule has 0 saturated heterocycles. The fourth-order valence-electron chi connectivity index (χ4n) is 2.73. The summed E-state index contributed by atoms with van der Waals surface area (Å²) in [6.45, 7) is 0. The molecule has 0 aromatic heterocycles. The van der Waals surface area contributed by atoms with Gasteiger partial charge in [0.1, 0.15) is 0 Å². The molecule has 1 aromatic carbocycles. The van der Waals surface area contributed by atoms with Crippen molar-refractivity contribution in [2.24, 2.45) is 5.92 Å². The van der Waals surface area contributed by atoms with Crippen molar-refractivity contribution < 1.29 is 13.2 Å². The molecule has 108 valence electrons. The van der Waals surface area contributed by atoms with E-state index in [1.165, 1.54) is 0 Å². The minimum atomic E-state index is -3.25. The first-order valence-electron chi connectivity index (χ1n) is 7.22. The van der Waals surface area contributed by atoms with Crippen molar-refractivity contribution in [3.8, 4) is 0 Å². The van der Waals surface area contributed by atoms with E-state index in [-0.39, 0.29) is 17.1 Å². The third kappa shape index (κ3) is 2.73. The van der Waals surface area contributed by atoms with E-state index in [0.717, 1.165) is 38.5 Å². The highest BCUT2D eigenvalue weighted by Crippen LogP contribution is 2.32. The first kappa shape index (κ1) is 13.6. The Balaban J connectivity index is 1.81. The zero-order valence-electron chi connectivity index (χ0n) is 11.3. The lowest BCUT2D eigenvalue weighted by molar-refractivity contribution is -0.117. The monoisotopic (exact) mass is 293 g/mol. The fraction of sp³-hybridized carbons (Fsp3) is 0.533. The van der Waals surface area contributed by atoms with Crippen molar-refractivity contribution in [1.82, 2.24) is 0 Å². The number of sulfone groups is 1. The van der Waals surface area contributed by atoms with Crippen LogP contribution in [0.5, 0.6) is 0 Å². The number of anilines is 1. The second kappa shape index (κ2) is 5.20. The lowest BCUT2D eigenvalue weighted by atomic mass is 10.3. The van der Waals surface area contributed by atoms with E-state index >= 15 is 0 Å². The van der Waals surface area contributed by atoms with Gasteiger partial charge >= 0.3 is 0 Å². The summed E-state index contributed by atoms with van der Waals surface area (Å²) in [5.74, 6) is 0.116. The second-order valence-corrected chi connectivity index (χ2v) is 7.97. The number of carbonyl (C=O) groups is 1. The van der Waals surface area contributed by atoms with Crippen LogP contribution in [-0.4, -0.2) is 19.6 Å². The van der Waals surface area contributed by atoms with Gasteiger partial charge < -0.3 is 5.32 Å². The number of amides is 1. The van der Waals surface area contributed by atoms with E-state index < -0.39 is 9.84 Å². The first-order chi connectivity index (χ1) is 9.57. The molecule has 2 fully saturated rings. The highest BCUT2D eigenvalue weighted by molar-refractivity contribution is 7.92. The summed E-state index contributed by atoms with van der Waals surface area (Å²) in [7, 11) is -3.25. The van der Waals surface area contributed by atoms with Crippen molar-refractivity contribution in [3.63, 3.8) is 0 Å². The van der Waals surface area contributed by atoms with E-state index in [1.54, 1.807) is 24.3 Å². The molecule has 0 spiro atoms. The lowest BCUT2D eigenvalue weighted by Gasteiger charge is -2.12. The summed E-state index contributed by atoms with van der Waals surface area (Å²) in [4.78, 5) is 12.1. The third-order valence-electron chi connectivity index (χ3n) is 4.12. The molecule has 2 saturated carbocycles. The van der Waals surface area contributed by atoms with Gasteiger partial charge in [0, 0.05) is 11.6 Å². The zero-order chi connectivity index (χ0) is 14.2. The summed E-state index contributed by atoms with van der Waals surface area (Å²) < 4.78 is 25.0. The first-order valence-corrected chi connectivity index (χ1v) is 8.77. The van der Waals surface area contributed by atoms with Crippen LogP contribution in [0.3, 0.4) is 0 Å². The number of nitrogens with one attached hydrogen (secondary N) is 1. The van der Waals surface area contributed by atoms with E-state index in [0.29, 0.717) is 10.6 Å². The number of benzene rings is 1. The molecular formula is C15H19NO3S. The van der Waals surface area contributed by atoms with Crippen molar-refractivity contribution in [2.75, 3.05) is 5.32 Å². The third-order valence-corrected chi connectivity index (χ3v) is 6.38. The minimum Gasteiger partial charge on any atom is -0.326 e. The maximum Gasteiger partial charge on any atom is 0.227 e. The van der Waals surface area contributed by atoms with Crippen LogP contribution in [0.1, 0.15) is 38.5 Å². The highest BCUT2D eigenvalue weighted by Gasteiger charge is 2.31. The van der Waals surface area contributed by atoms with Crippen molar-refractivity contribution in [3.05, 3.63) is 24.3 Å². The molecule has 1 amide bonds. The van der Waals surface area contributed by atoms with Gasteiger partial charge in [0.25, 0.3) is 0 Å². The molecule has 2 aliphatic rings. The fourth-order valence-corrected chi connectivity index (χ4v) is 4.63. The summed E-state index contributed by atoms with van der Waals surface area (Å²) in [5.41, 5.74) is 0.584. The normalized spacial score (nSPS) is 20.0. The maximum atomic E-state index is 12.5. The maximum absolute atomic E-state index is 12.5. The van der Waals surface area contributed by atoms with Gasteiger partial charge in [-0.25, -0.2) is 8.42 Å². The number of carbonyl (C=O) groups excluding carboxylic acids is 1. The van der Waals surface area contributed by atoms with E-state index in [1.807, 2.05) is 0 Å².